The molecule has 5 rings (SSSR count). The van der Waals surface area contributed by atoms with E-state index >= 15 is 0 Å². The topological polar surface area (TPSA) is 118 Å². The summed E-state index contributed by atoms with van der Waals surface area (Å²) in [6.45, 7) is 2.98. The summed E-state index contributed by atoms with van der Waals surface area (Å²) in [5.41, 5.74) is -1.49. The number of anilines is 1. The van der Waals surface area contributed by atoms with Crippen molar-refractivity contribution in [3.05, 3.63) is 58.9 Å². The van der Waals surface area contributed by atoms with Crippen LogP contribution in [0.3, 0.4) is 0 Å². The van der Waals surface area contributed by atoms with Crippen LogP contribution < -0.4 is 5.32 Å². The molecular weight excluding hydrogens is 520 g/mol. The van der Waals surface area contributed by atoms with Gasteiger partial charge in [0.1, 0.15) is 28.6 Å². The zero-order valence-electron chi connectivity index (χ0n) is 19.6. The molecule has 0 radical (unpaired) electrons. The molecule has 1 aliphatic rings. The second kappa shape index (κ2) is 8.36. The minimum absolute atomic E-state index is 0.0144. The predicted octanol–water partition coefficient (Wildman–Crippen LogP) is 4.12. The first-order valence-electron chi connectivity index (χ1n) is 11.1. The number of hydrogen-bond donors (Lipinski definition) is 2. The first-order chi connectivity index (χ1) is 17.7. The smallest absolute Gasteiger partial charge is 0.453 e. The highest BCUT2D eigenvalue weighted by molar-refractivity contribution is 6.08. The summed E-state index contributed by atoms with van der Waals surface area (Å²) in [7, 11) is 0. The summed E-state index contributed by atoms with van der Waals surface area (Å²) in [4.78, 5) is 29.4. The largest absolute Gasteiger partial charge is 0.493 e. The van der Waals surface area contributed by atoms with Crippen LogP contribution in [0, 0.1) is 12.7 Å². The van der Waals surface area contributed by atoms with Gasteiger partial charge < -0.3 is 10.4 Å². The maximum absolute atomic E-state index is 13.6. The zero-order chi connectivity index (χ0) is 27.6. The second-order valence-corrected chi connectivity index (χ2v) is 8.88. The first kappa shape index (κ1) is 25.4. The Morgan fingerprint density at radius 3 is 2.39 bits per heavy atom. The number of nitrogens with one attached hydrogen (secondary N) is 1. The van der Waals surface area contributed by atoms with Crippen LogP contribution in [0.1, 0.15) is 36.0 Å². The number of benzene rings is 1. The lowest BCUT2D eigenvalue weighted by Gasteiger charge is -2.22. The fourth-order valence-corrected chi connectivity index (χ4v) is 4.27. The Kier molecular flexibility index (Phi) is 5.58. The third-order valence-corrected chi connectivity index (χ3v) is 6.31. The highest BCUT2D eigenvalue weighted by Gasteiger charge is 2.56. The summed E-state index contributed by atoms with van der Waals surface area (Å²) in [6, 6.07) is 5.06. The van der Waals surface area contributed by atoms with Crippen molar-refractivity contribution in [2.75, 3.05) is 5.32 Å². The molecule has 15 heteroatoms. The zero-order valence-corrected chi connectivity index (χ0v) is 19.6. The van der Waals surface area contributed by atoms with Gasteiger partial charge in [-0.3, -0.25) is 4.79 Å². The van der Waals surface area contributed by atoms with E-state index in [0.717, 1.165) is 16.6 Å². The van der Waals surface area contributed by atoms with Gasteiger partial charge in [-0.15, -0.1) is 0 Å². The summed E-state index contributed by atoms with van der Waals surface area (Å²) in [6.07, 6.45) is -6.87. The van der Waals surface area contributed by atoms with Gasteiger partial charge in [-0.25, -0.2) is 23.9 Å². The number of fused-ring (bicyclic) bond motifs is 2. The number of aryl methyl sites for hydroxylation is 2. The first-order valence-corrected chi connectivity index (χ1v) is 11.1. The number of aromatic nitrogens is 6. The summed E-state index contributed by atoms with van der Waals surface area (Å²) in [5, 5.41) is 17.4. The standard InChI is InChI=1S/C23H17F6N7O2/c1-10-30-18-13(7-8-22(25,26)23(27,28)29)31-14(9-36(18)35-10)16-32-17-15(19(37)33-16)21(2,20(38)34-17)11-3-5-12(24)6-4-11/h3-6,9H,7-8H2,1-2H3,(H2,32,33,34,37,38)/t21-/m0/s1. The van der Waals surface area contributed by atoms with E-state index in [2.05, 4.69) is 30.4 Å². The maximum atomic E-state index is 13.6. The van der Waals surface area contributed by atoms with Gasteiger partial charge in [0, 0.05) is 6.42 Å². The Morgan fingerprint density at radius 1 is 1.05 bits per heavy atom. The van der Waals surface area contributed by atoms with Crippen LogP contribution in [0.15, 0.2) is 30.5 Å². The van der Waals surface area contributed by atoms with E-state index < -0.39 is 48.0 Å². The molecule has 0 fully saturated rings. The average Bonchev–Trinajstić information content (AvgIpc) is 3.33. The molecule has 4 aromatic rings. The van der Waals surface area contributed by atoms with Crippen molar-refractivity contribution >= 4 is 17.4 Å². The number of hydrogen-bond acceptors (Lipinski definition) is 7. The number of amides is 1. The van der Waals surface area contributed by atoms with Gasteiger partial charge in [-0.1, -0.05) is 12.1 Å². The van der Waals surface area contributed by atoms with E-state index in [1.165, 1.54) is 32.2 Å². The Bertz CT molecular complexity index is 1590. The second-order valence-electron chi connectivity index (χ2n) is 8.88. The van der Waals surface area contributed by atoms with Crippen molar-refractivity contribution < 1.29 is 36.2 Å². The number of nitrogens with zero attached hydrogens (tertiary/aromatic N) is 6. The van der Waals surface area contributed by atoms with Crippen LogP contribution in [-0.4, -0.2) is 52.7 Å². The number of rotatable bonds is 5. The van der Waals surface area contributed by atoms with Crippen LogP contribution in [0.4, 0.5) is 32.2 Å². The molecule has 1 aliphatic heterocycles. The van der Waals surface area contributed by atoms with Crippen LogP contribution in [0.2, 0.25) is 0 Å². The normalized spacial score (nSPS) is 17.6. The third-order valence-electron chi connectivity index (χ3n) is 6.31. The van der Waals surface area contributed by atoms with E-state index in [0.29, 0.717) is 5.56 Å². The van der Waals surface area contributed by atoms with Gasteiger partial charge in [-0.2, -0.15) is 32.0 Å². The molecule has 4 heterocycles. The van der Waals surface area contributed by atoms with Gasteiger partial charge in [0.25, 0.3) is 0 Å². The molecule has 0 spiro atoms. The monoisotopic (exact) mass is 537 g/mol. The van der Waals surface area contributed by atoms with Crippen LogP contribution >= 0.6 is 0 Å². The van der Waals surface area contributed by atoms with E-state index in [1.807, 2.05) is 0 Å². The molecule has 3 aromatic heterocycles. The number of halogens is 6. The highest BCUT2D eigenvalue weighted by atomic mass is 19.4. The predicted molar refractivity (Wildman–Crippen MR) is 119 cm³/mol. The molecule has 38 heavy (non-hydrogen) atoms. The van der Waals surface area contributed by atoms with Crippen LogP contribution in [0.5, 0.6) is 5.88 Å². The molecule has 0 aliphatic carbocycles. The van der Waals surface area contributed by atoms with Crippen molar-refractivity contribution in [3.63, 3.8) is 0 Å². The molecule has 0 unspecified atom stereocenters. The van der Waals surface area contributed by atoms with Gasteiger partial charge in [0.05, 0.1) is 17.5 Å². The fourth-order valence-electron chi connectivity index (χ4n) is 4.27. The molecule has 1 amide bonds. The van der Waals surface area contributed by atoms with Crippen molar-refractivity contribution in [1.29, 1.82) is 0 Å². The average molecular weight is 537 g/mol. The minimum Gasteiger partial charge on any atom is -0.493 e. The number of aromatic hydroxyl groups is 1. The Morgan fingerprint density at radius 2 is 1.74 bits per heavy atom. The van der Waals surface area contributed by atoms with Gasteiger partial charge in [0.2, 0.25) is 11.8 Å². The lowest BCUT2D eigenvalue weighted by molar-refractivity contribution is -0.284. The fraction of sp³-hybridized carbons (Fsp3) is 0.304. The van der Waals surface area contributed by atoms with Crippen LogP contribution in [0.25, 0.3) is 17.2 Å². The van der Waals surface area contributed by atoms with E-state index in [1.54, 1.807) is 0 Å². The summed E-state index contributed by atoms with van der Waals surface area (Å²) < 4.78 is 79.9. The minimum atomic E-state index is -5.74. The van der Waals surface area contributed by atoms with Crippen LogP contribution in [-0.2, 0) is 16.6 Å². The van der Waals surface area contributed by atoms with Crippen molar-refractivity contribution in [2.45, 2.75) is 44.2 Å². The van der Waals surface area contributed by atoms with Crippen molar-refractivity contribution in [3.8, 4) is 17.4 Å². The number of alkyl halides is 5. The van der Waals surface area contributed by atoms with E-state index in [-0.39, 0.29) is 40.1 Å². The van der Waals surface area contributed by atoms with E-state index in [9.17, 15) is 36.2 Å². The molecule has 1 aromatic carbocycles. The molecule has 9 nitrogen and oxygen atoms in total. The van der Waals surface area contributed by atoms with Crippen molar-refractivity contribution in [1.82, 2.24) is 29.5 Å². The number of carbonyl (C=O) groups is 1. The highest BCUT2D eigenvalue weighted by Crippen LogP contribution is 2.46. The lowest BCUT2D eigenvalue weighted by atomic mass is 9.78. The molecular formula is C23H17F6N7O2. The molecule has 2 N–H and O–H groups in total. The van der Waals surface area contributed by atoms with Gasteiger partial charge in [-0.05, 0) is 38.0 Å². The Hall–Kier alpha value is -4.30. The lowest BCUT2D eigenvalue weighted by Crippen LogP contribution is -2.36. The molecule has 0 saturated heterocycles. The van der Waals surface area contributed by atoms with Gasteiger partial charge in [0.15, 0.2) is 11.5 Å². The Balaban J connectivity index is 1.59. The molecule has 0 bridgehead atoms. The summed E-state index contributed by atoms with van der Waals surface area (Å²) >= 11 is 0. The molecule has 198 valence electrons. The third kappa shape index (κ3) is 3.97. The van der Waals surface area contributed by atoms with Crippen molar-refractivity contribution in [2.24, 2.45) is 0 Å². The quantitative estimate of drug-likeness (QED) is 0.368. The maximum Gasteiger partial charge on any atom is 0.453 e. The number of carbonyl (C=O) groups excluding carboxylic acids is 1. The van der Waals surface area contributed by atoms with Gasteiger partial charge >= 0.3 is 12.1 Å². The summed E-state index contributed by atoms with van der Waals surface area (Å²) in [5.74, 6) is -6.82. The van der Waals surface area contributed by atoms with E-state index in [4.69, 9.17) is 0 Å². The SMILES string of the molecule is Cc1nc2c(CCC(F)(F)C(F)(F)F)nc(-c3nc(O)c4c(n3)NC(=O)[C@@]4(C)c3ccc(F)cc3)cn2n1. The molecule has 0 saturated carbocycles. The Labute approximate surface area is 209 Å². The molecule has 1 atom stereocenters.